The van der Waals surface area contributed by atoms with E-state index in [0.717, 1.165) is 11.3 Å². The molecule has 1 aromatic carbocycles. The van der Waals surface area contributed by atoms with E-state index in [9.17, 15) is 0 Å². The fourth-order valence-corrected chi connectivity index (χ4v) is 9.28. The lowest BCUT2D eigenvalue weighted by Crippen LogP contribution is -2.58. The van der Waals surface area contributed by atoms with Crippen molar-refractivity contribution >= 4 is 14.3 Å². The number of benzene rings is 1. The molecular formula is C20H31NO3Si. The lowest BCUT2D eigenvalue weighted by atomic mass is 9.91. The topological polar surface area (TPSA) is 40.0 Å². The van der Waals surface area contributed by atoms with Gasteiger partial charge >= 0.3 is 8.56 Å². The highest BCUT2D eigenvalue weighted by Crippen LogP contribution is 2.54. The minimum Gasteiger partial charge on any atom is -0.393 e. The van der Waals surface area contributed by atoms with Crippen molar-refractivity contribution in [1.82, 2.24) is 0 Å². The Morgan fingerprint density at radius 1 is 1.00 bits per heavy atom. The maximum Gasteiger partial charge on any atom is 0.349 e. The Balaban J connectivity index is 1.96. The zero-order chi connectivity index (χ0) is 18.5. The SMILES string of the molecule is C[C@H]1O[Si](C(C)(C)C)(C(C)(C)C)OC[C@H]2C1=NO[C@@H]2c1ccccc1. The van der Waals surface area contributed by atoms with Crippen LogP contribution in [0, 0.1) is 5.92 Å². The van der Waals surface area contributed by atoms with E-state index in [1.807, 2.05) is 18.2 Å². The molecule has 4 nitrogen and oxygen atoms in total. The summed E-state index contributed by atoms with van der Waals surface area (Å²) in [5, 5.41) is 4.34. The van der Waals surface area contributed by atoms with Crippen molar-refractivity contribution < 1.29 is 13.7 Å². The van der Waals surface area contributed by atoms with Crippen molar-refractivity contribution in [2.45, 2.75) is 70.8 Å². The first-order valence-electron chi connectivity index (χ1n) is 9.17. The number of rotatable bonds is 1. The lowest BCUT2D eigenvalue weighted by Gasteiger charge is -2.49. The molecule has 3 rings (SSSR count). The third kappa shape index (κ3) is 3.07. The molecule has 1 aromatic rings. The highest BCUT2D eigenvalue weighted by atomic mass is 28.4. The van der Waals surface area contributed by atoms with Crippen LogP contribution in [0.3, 0.4) is 0 Å². The second-order valence-electron chi connectivity index (χ2n) is 9.25. The van der Waals surface area contributed by atoms with E-state index in [1.54, 1.807) is 0 Å². The van der Waals surface area contributed by atoms with Crippen LogP contribution in [0.2, 0.25) is 10.1 Å². The summed E-state index contributed by atoms with van der Waals surface area (Å²) in [4.78, 5) is 5.79. The van der Waals surface area contributed by atoms with Crippen molar-refractivity contribution in [3.05, 3.63) is 35.9 Å². The molecule has 0 amide bonds. The molecule has 0 spiro atoms. The normalized spacial score (nSPS) is 29.4. The quantitative estimate of drug-likeness (QED) is 0.645. The molecule has 1 saturated heterocycles. The van der Waals surface area contributed by atoms with Gasteiger partial charge in [0.05, 0.1) is 17.7 Å². The zero-order valence-electron chi connectivity index (χ0n) is 16.5. The Labute approximate surface area is 152 Å². The van der Waals surface area contributed by atoms with Gasteiger partial charge in [0.1, 0.15) is 0 Å². The summed E-state index contributed by atoms with van der Waals surface area (Å²) in [5.41, 5.74) is 2.12. The molecule has 0 radical (unpaired) electrons. The Hall–Kier alpha value is -1.17. The maximum absolute atomic E-state index is 6.73. The van der Waals surface area contributed by atoms with E-state index in [4.69, 9.17) is 13.7 Å². The van der Waals surface area contributed by atoms with Gasteiger partial charge in [-0.3, -0.25) is 0 Å². The third-order valence-electron chi connectivity index (χ3n) is 5.35. The molecule has 0 bridgehead atoms. The summed E-state index contributed by atoms with van der Waals surface area (Å²) in [6, 6.07) is 10.3. The molecule has 2 aliphatic heterocycles. The van der Waals surface area contributed by atoms with Crippen LogP contribution in [0.1, 0.15) is 60.1 Å². The van der Waals surface area contributed by atoms with Gasteiger partial charge < -0.3 is 13.7 Å². The van der Waals surface area contributed by atoms with E-state index in [2.05, 4.69) is 65.8 Å². The van der Waals surface area contributed by atoms with Crippen molar-refractivity contribution in [2.75, 3.05) is 6.61 Å². The molecule has 138 valence electrons. The average Bonchev–Trinajstić information content (AvgIpc) is 2.86. The molecular weight excluding hydrogens is 330 g/mol. The molecule has 2 aliphatic rings. The Bertz CT molecular complexity index is 631. The third-order valence-corrected chi connectivity index (χ3v) is 10.6. The molecule has 3 atom stereocenters. The van der Waals surface area contributed by atoms with E-state index in [1.165, 1.54) is 0 Å². The number of hydrogen-bond donors (Lipinski definition) is 0. The van der Waals surface area contributed by atoms with Crippen LogP contribution in [-0.2, 0) is 13.7 Å². The first-order valence-corrected chi connectivity index (χ1v) is 11.0. The minimum atomic E-state index is -2.53. The van der Waals surface area contributed by atoms with Crippen molar-refractivity contribution in [2.24, 2.45) is 11.1 Å². The van der Waals surface area contributed by atoms with E-state index in [0.29, 0.717) is 6.61 Å². The number of fused-ring (bicyclic) bond motifs is 1. The lowest BCUT2D eigenvalue weighted by molar-refractivity contribution is 0.0375. The summed E-state index contributed by atoms with van der Waals surface area (Å²) in [5.74, 6) is 0.108. The fourth-order valence-electron chi connectivity index (χ4n) is 4.36. The van der Waals surface area contributed by atoms with E-state index < -0.39 is 8.56 Å². The zero-order valence-corrected chi connectivity index (χ0v) is 17.5. The Morgan fingerprint density at radius 2 is 1.60 bits per heavy atom. The highest BCUT2D eigenvalue weighted by molar-refractivity contribution is 6.73. The van der Waals surface area contributed by atoms with Crippen LogP contribution in [0.4, 0.5) is 0 Å². The Kier molecular flexibility index (Phi) is 4.63. The molecule has 0 unspecified atom stereocenters. The van der Waals surface area contributed by atoms with Gasteiger partial charge in [-0.15, -0.1) is 0 Å². The maximum atomic E-state index is 6.73. The summed E-state index contributed by atoms with van der Waals surface area (Å²) < 4.78 is 13.4. The smallest absolute Gasteiger partial charge is 0.349 e. The van der Waals surface area contributed by atoms with Crippen molar-refractivity contribution in [3.63, 3.8) is 0 Å². The van der Waals surface area contributed by atoms with Gasteiger partial charge in [-0.2, -0.15) is 0 Å². The van der Waals surface area contributed by atoms with Gasteiger partial charge in [-0.05, 0) is 12.5 Å². The molecule has 0 saturated carbocycles. The fraction of sp³-hybridized carbons (Fsp3) is 0.650. The predicted molar refractivity (Wildman–Crippen MR) is 103 cm³/mol. The largest absolute Gasteiger partial charge is 0.393 e. The van der Waals surface area contributed by atoms with E-state index >= 15 is 0 Å². The van der Waals surface area contributed by atoms with Crippen LogP contribution in [0.25, 0.3) is 0 Å². The molecule has 5 heteroatoms. The van der Waals surface area contributed by atoms with Crippen LogP contribution < -0.4 is 0 Å². The molecule has 0 aliphatic carbocycles. The average molecular weight is 362 g/mol. The summed E-state index contributed by atoms with van der Waals surface area (Å²) in [7, 11) is -2.53. The van der Waals surface area contributed by atoms with Crippen LogP contribution in [0.5, 0.6) is 0 Å². The summed E-state index contributed by atoms with van der Waals surface area (Å²) in [6.45, 7) is 16.1. The monoisotopic (exact) mass is 361 g/mol. The standard InChI is InChI=1S/C20H31NO3Si/c1-14-17-16(18(23-21-17)15-11-9-8-10-12-15)13-22-25(24-14,19(2,3)4)20(5,6)7/h8-12,14,16,18H,13H2,1-7H3/t14-,16+,18-/m1/s1. The Morgan fingerprint density at radius 3 is 2.16 bits per heavy atom. The number of hydrogen-bond acceptors (Lipinski definition) is 4. The second kappa shape index (κ2) is 6.22. The van der Waals surface area contributed by atoms with Gasteiger partial charge in [-0.25, -0.2) is 0 Å². The number of oxime groups is 1. The summed E-state index contributed by atoms with van der Waals surface area (Å²) >= 11 is 0. The van der Waals surface area contributed by atoms with Crippen molar-refractivity contribution in [3.8, 4) is 0 Å². The summed E-state index contributed by atoms with van der Waals surface area (Å²) in [6.07, 6.45) is -0.182. The number of nitrogens with zero attached hydrogens (tertiary/aromatic N) is 1. The van der Waals surface area contributed by atoms with Crippen molar-refractivity contribution in [1.29, 1.82) is 0 Å². The van der Waals surface area contributed by atoms with Gasteiger partial charge in [0.15, 0.2) is 6.10 Å². The minimum absolute atomic E-state index is 0.0399. The molecule has 0 aromatic heterocycles. The van der Waals surface area contributed by atoms with Crippen LogP contribution >= 0.6 is 0 Å². The van der Waals surface area contributed by atoms with Crippen LogP contribution in [0.15, 0.2) is 35.5 Å². The molecule has 2 heterocycles. The molecule has 1 fully saturated rings. The predicted octanol–water partition coefficient (Wildman–Crippen LogP) is 5.21. The highest BCUT2D eigenvalue weighted by Gasteiger charge is 2.61. The van der Waals surface area contributed by atoms with E-state index in [-0.39, 0.29) is 28.2 Å². The van der Waals surface area contributed by atoms with Gasteiger partial charge in [-0.1, -0.05) is 77.0 Å². The molecule has 25 heavy (non-hydrogen) atoms. The van der Waals surface area contributed by atoms with Gasteiger partial charge in [0.2, 0.25) is 0 Å². The molecule has 0 N–H and O–H groups in total. The first kappa shape index (κ1) is 18.6. The van der Waals surface area contributed by atoms with Crippen LogP contribution in [-0.4, -0.2) is 27.0 Å². The first-order chi connectivity index (χ1) is 11.6. The second-order valence-corrected chi connectivity index (χ2v) is 14.0. The van der Waals surface area contributed by atoms with Gasteiger partial charge in [0, 0.05) is 16.7 Å². The van der Waals surface area contributed by atoms with Gasteiger partial charge in [0.25, 0.3) is 0 Å².